The van der Waals surface area contributed by atoms with Crippen molar-refractivity contribution >= 4 is 5.91 Å². The van der Waals surface area contributed by atoms with Crippen LogP contribution in [-0.4, -0.2) is 26.7 Å². The first-order chi connectivity index (χ1) is 22.6. The average Bonchev–Trinajstić information content (AvgIpc) is 3.10. The Balaban J connectivity index is 1.20. The van der Waals surface area contributed by atoms with Gasteiger partial charge in [0.1, 0.15) is 37.1 Å². The van der Waals surface area contributed by atoms with Crippen LogP contribution < -0.4 is 29.0 Å². The highest BCUT2D eigenvalue weighted by Crippen LogP contribution is 2.33. The van der Waals surface area contributed by atoms with Crippen LogP contribution in [0.1, 0.15) is 27.8 Å². The molecule has 0 aromatic heterocycles. The molecule has 0 aliphatic rings. The van der Waals surface area contributed by atoms with Crippen LogP contribution in [0.25, 0.3) is 0 Å². The zero-order valence-electron chi connectivity index (χ0n) is 26.2. The Kier molecular flexibility index (Phi) is 11.5. The summed E-state index contributed by atoms with van der Waals surface area (Å²) in [6.45, 7) is 1.58. The Hall–Kier alpha value is -5.43. The lowest BCUT2D eigenvalue weighted by Crippen LogP contribution is -2.27. The minimum Gasteiger partial charge on any atom is -0.496 e. The van der Waals surface area contributed by atoms with Crippen molar-refractivity contribution in [2.45, 2.75) is 32.7 Å². The van der Waals surface area contributed by atoms with Crippen molar-refractivity contribution in [3.8, 4) is 28.7 Å². The highest BCUT2D eigenvalue weighted by molar-refractivity contribution is 5.78. The number of carbonyl (C=O) groups is 1. The summed E-state index contributed by atoms with van der Waals surface area (Å²) in [7, 11) is 3.24. The molecule has 0 fully saturated rings. The van der Waals surface area contributed by atoms with E-state index in [2.05, 4.69) is 5.32 Å². The Labute approximate surface area is 270 Å². The van der Waals surface area contributed by atoms with Gasteiger partial charge in [-0.05, 0) is 65.1 Å². The highest BCUT2D eigenvalue weighted by Gasteiger charge is 2.16. The molecule has 236 valence electrons. The topological polar surface area (TPSA) is 75.3 Å². The van der Waals surface area contributed by atoms with E-state index in [1.165, 1.54) is 0 Å². The molecule has 0 spiro atoms. The van der Waals surface area contributed by atoms with Crippen LogP contribution in [0, 0.1) is 0 Å². The fourth-order valence-corrected chi connectivity index (χ4v) is 4.95. The fourth-order valence-electron chi connectivity index (χ4n) is 4.95. The van der Waals surface area contributed by atoms with Crippen molar-refractivity contribution in [1.82, 2.24) is 5.32 Å². The molecule has 0 bridgehead atoms. The van der Waals surface area contributed by atoms with Gasteiger partial charge in [-0.1, -0.05) is 84.9 Å². The van der Waals surface area contributed by atoms with Gasteiger partial charge in [-0.2, -0.15) is 0 Å². The minimum absolute atomic E-state index is 0.0830. The quantitative estimate of drug-likeness (QED) is 0.125. The van der Waals surface area contributed by atoms with E-state index >= 15 is 0 Å². The molecule has 0 heterocycles. The Morgan fingerprint density at radius 1 is 0.543 bits per heavy atom. The van der Waals surface area contributed by atoms with Crippen LogP contribution in [0.5, 0.6) is 28.7 Å². The number of carbonyl (C=O) groups excluding carboxylic acids is 1. The molecule has 46 heavy (non-hydrogen) atoms. The zero-order valence-corrected chi connectivity index (χ0v) is 26.2. The molecule has 1 amide bonds. The van der Waals surface area contributed by atoms with Crippen molar-refractivity contribution in [3.63, 3.8) is 0 Å². The van der Waals surface area contributed by atoms with Crippen molar-refractivity contribution in [1.29, 1.82) is 0 Å². The highest BCUT2D eigenvalue weighted by atomic mass is 16.5. The van der Waals surface area contributed by atoms with Crippen LogP contribution in [0.2, 0.25) is 0 Å². The van der Waals surface area contributed by atoms with Crippen LogP contribution in [0.3, 0.4) is 0 Å². The molecule has 0 unspecified atom stereocenters. The third kappa shape index (κ3) is 9.29. The summed E-state index contributed by atoms with van der Waals surface area (Å²) < 4.78 is 29.6. The van der Waals surface area contributed by atoms with E-state index in [0.29, 0.717) is 49.2 Å². The smallest absolute Gasteiger partial charge is 0.224 e. The van der Waals surface area contributed by atoms with E-state index < -0.39 is 0 Å². The molecule has 7 heteroatoms. The molecule has 7 nitrogen and oxygen atoms in total. The number of methoxy groups -OCH3 is 2. The van der Waals surface area contributed by atoms with Crippen molar-refractivity contribution in [2.75, 3.05) is 20.8 Å². The molecular formula is C39H39NO6. The largest absolute Gasteiger partial charge is 0.496 e. The zero-order chi connectivity index (χ0) is 32.0. The van der Waals surface area contributed by atoms with Gasteiger partial charge in [-0.3, -0.25) is 4.79 Å². The second kappa shape index (κ2) is 16.6. The molecule has 5 aromatic rings. The van der Waals surface area contributed by atoms with Gasteiger partial charge in [-0.15, -0.1) is 0 Å². The maximum Gasteiger partial charge on any atom is 0.224 e. The number of amides is 1. The van der Waals surface area contributed by atoms with Crippen LogP contribution in [-0.2, 0) is 37.5 Å². The van der Waals surface area contributed by atoms with E-state index in [4.69, 9.17) is 23.7 Å². The lowest BCUT2D eigenvalue weighted by Gasteiger charge is -2.18. The standard InChI is InChI=1S/C39H39NO6/c1-42-36-22-32(23-37(46-27-30-14-8-4-9-15-30)34(36)28-44-33-16-10-5-11-17-33)20-21-40-39(41)25-31-18-19-35(38(24-31)43-2)45-26-29-12-6-3-7-13-29/h3-19,22-24H,20-21,25-28H2,1-2H3,(H,40,41). The summed E-state index contributed by atoms with van der Waals surface area (Å²) in [5.41, 5.74) is 4.75. The first-order valence-corrected chi connectivity index (χ1v) is 15.3. The molecule has 0 aliphatic carbocycles. The first-order valence-electron chi connectivity index (χ1n) is 15.3. The SMILES string of the molecule is COc1cc(CC(=O)NCCc2cc(OC)c(COc3ccccc3)c(OCc3ccccc3)c2)ccc1OCc1ccccc1. The summed E-state index contributed by atoms with van der Waals surface area (Å²) in [5, 5.41) is 3.04. The third-order valence-corrected chi connectivity index (χ3v) is 7.38. The lowest BCUT2D eigenvalue weighted by molar-refractivity contribution is -0.120. The van der Waals surface area contributed by atoms with Gasteiger partial charge in [0.2, 0.25) is 5.91 Å². The summed E-state index contributed by atoms with van der Waals surface area (Å²) in [6.07, 6.45) is 0.819. The number of hydrogen-bond donors (Lipinski definition) is 1. The van der Waals surface area contributed by atoms with Gasteiger partial charge in [0, 0.05) is 6.54 Å². The van der Waals surface area contributed by atoms with Gasteiger partial charge in [-0.25, -0.2) is 0 Å². The second-order valence-corrected chi connectivity index (χ2v) is 10.7. The molecule has 0 saturated carbocycles. The van der Waals surface area contributed by atoms with E-state index in [1.54, 1.807) is 14.2 Å². The Morgan fingerprint density at radius 2 is 1.11 bits per heavy atom. The van der Waals surface area contributed by atoms with E-state index in [1.807, 2.05) is 121 Å². The minimum atomic E-state index is -0.0830. The molecule has 0 saturated heterocycles. The maximum absolute atomic E-state index is 12.9. The number of rotatable bonds is 16. The van der Waals surface area contributed by atoms with Gasteiger partial charge in [0.15, 0.2) is 11.5 Å². The van der Waals surface area contributed by atoms with Crippen molar-refractivity contribution in [2.24, 2.45) is 0 Å². The molecule has 0 aliphatic heterocycles. The van der Waals surface area contributed by atoms with Crippen molar-refractivity contribution in [3.05, 3.63) is 149 Å². The number of benzene rings is 5. The monoisotopic (exact) mass is 617 g/mol. The van der Waals surface area contributed by atoms with Gasteiger partial charge >= 0.3 is 0 Å². The van der Waals surface area contributed by atoms with Crippen LogP contribution >= 0.6 is 0 Å². The summed E-state index contributed by atoms with van der Waals surface area (Å²) in [5.74, 6) is 3.25. The van der Waals surface area contributed by atoms with E-state index in [-0.39, 0.29) is 18.9 Å². The molecule has 5 rings (SSSR count). The van der Waals surface area contributed by atoms with Crippen LogP contribution in [0.4, 0.5) is 0 Å². The molecule has 0 atom stereocenters. The summed E-state index contributed by atoms with van der Waals surface area (Å²) in [6, 6.07) is 39.2. The number of para-hydroxylation sites is 1. The second-order valence-electron chi connectivity index (χ2n) is 10.7. The summed E-state index contributed by atoms with van der Waals surface area (Å²) in [4.78, 5) is 12.9. The van der Waals surface area contributed by atoms with E-state index in [9.17, 15) is 4.79 Å². The normalized spacial score (nSPS) is 10.6. The Bertz CT molecular complexity index is 1680. The lowest BCUT2D eigenvalue weighted by atomic mass is 10.1. The van der Waals surface area contributed by atoms with Crippen molar-refractivity contribution < 1.29 is 28.5 Å². The predicted molar refractivity (Wildman–Crippen MR) is 179 cm³/mol. The molecule has 1 N–H and O–H groups in total. The number of hydrogen-bond acceptors (Lipinski definition) is 6. The van der Waals surface area contributed by atoms with Gasteiger partial charge in [0.25, 0.3) is 0 Å². The molecular weight excluding hydrogens is 578 g/mol. The average molecular weight is 618 g/mol. The first kappa shape index (κ1) is 32.0. The van der Waals surface area contributed by atoms with Gasteiger partial charge in [0.05, 0.1) is 26.2 Å². The third-order valence-electron chi connectivity index (χ3n) is 7.38. The fraction of sp³-hybridized carbons (Fsp3) is 0.205. The summed E-state index contributed by atoms with van der Waals surface area (Å²) >= 11 is 0. The van der Waals surface area contributed by atoms with Crippen LogP contribution in [0.15, 0.2) is 121 Å². The Morgan fingerprint density at radius 3 is 1.74 bits per heavy atom. The van der Waals surface area contributed by atoms with E-state index in [0.717, 1.165) is 33.6 Å². The molecule has 0 radical (unpaired) electrons. The predicted octanol–water partition coefficient (Wildman–Crippen LogP) is 7.34. The molecule has 5 aromatic carbocycles. The number of ether oxygens (including phenoxy) is 5. The maximum atomic E-state index is 12.9. The number of nitrogens with one attached hydrogen (secondary N) is 1. The van der Waals surface area contributed by atoms with Gasteiger partial charge < -0.3 is 29.0 Å².